The third kappa shape index (κ3) is 9.08. The van der Waals surface area contributed by atoms with Crippen molar-refractivity contribution in [3.05, 3.63) is 53.4 Å². The van der Waals surface area contributed by atoms with Crippen LogP contribution in [-0.4, -0.2) is 106 Å². The molecule has 2 aromatic heterocycles. The molecule has 3 fully saturated rings. The fourth-order valence-electron chi connectivity index (χ4n) is 6.33. The molecular formula is C33H32ClF7N6O5. The second-order valence-electron chi connectivity index (χ2n) is 12.5. The number of rotatable bonds is 5. The summed E-state index contributed by atoms with van der Waals surface area (Å²) < 4.78 is 86.0. The smallest absolute Gasteiger partial charge is 0.475 e. The number of hydrogen-bond donors (Lipinski definition) is 3. The molecule has 3 aliphatic heterocycles. The summed E-state index contributed by atoms with van der Waals surface area (Å²) in [5.41, 5.74) is 1.10. The van der Waals surface area contributed by atoms with Crippen molar-refractivity contribution in [1.82, 2.24) is 25.2 Å². The first kappa shape index (κ1) is 38.7. The van der Waals surface area contributed by atoms with Crippen LogP contribution in [-0.2, 0) is 9.59 Å². The quantitative estimate of drug-likeness (QED) is 0.201. The Bertz CT molecular complexity index is 1910. The molecule has 3 N–H and O–H groups in total. The SMILES string of the molecule is CN1CC[C@@H](COc2nc(N3C[C@H]4CC[C@@H](C3)N4)c3cnc(-c4cccc5cccc(Cl)c45)c(F)c3n2)C1.O=C(O)C(F)(F)F.O=C(O)C(F)(F)F. The van der Waals surface area contributed by atoms with Gasteiger partial charge in [0.05, 0.1) is 12.0 Å². The molecule has 0 amide bonds. The number of benzene rings is 2. The minimum atomic E-state index is -5.08. The van der Waals surface area contributed by atoms with E-state index in [1.807, 2.05) is 36.4 Å². The van der Waals surface area contributed by atoms with Crippen LogP contribution in [0.15, 0.2) is 42.6 Å². The van der Waals surface area contributed by atoms with Crippen LogP contribution >= 0.6 is 11.6 Å². The molecule has 0 unspecified atom stereocenters. The van der Waals surface area contributed by atoms with Gasteiger partial charge in [0.1, 0.15) is 17.0 Å². The standard InChI is InChI=1S/C29H30ClFN6O.2C2HF3O2/c1-36-11-10-17(13-36)16-38-29-34-27-22(28(35-29)37-14-19-8-9-20(15-37)33-19)12-32-26(25(27)31)21-6-2-4-18-5-3-7-23(30)24(18)21;2*3-2(4,5)1(6)7/h2-7,12,17,19-20,33H,8-11,13-16H2,1H3;2*(H,6,7)/t17-,19-,20+;;/m1../s1. The van der Waals surface area contributed by atoms with E-state index < -0.39 is 30.1 Å². The van der Waals surface area contributed by atoms with E-state index in [1.165, 1.54) is 0 Å². The minimum absolute atomic E-state index is 0.222. The Labute approximate surface area is 296 Å². The van der Waals surface area contributed by atoms with E-state index in [0.29, 0.717) is 46.4 Å². The van der Waals surface area contributed by atoms with E-state index in [9.17, 15) is 26.3 Å². The van der Waals surface area contributed by atoms with Gasteiger partial charge in [0, 0.05) is 59.8 Å². The molecule has 7 rings (SSSR count). The van der Waals surface area contributed by atoms with Crippen LogP contribution in [0.5, 0.6) is 6.01 Å². The van der Waals surface area contributed by atoms with Gasteiger partial charge in [-0.15, -0.1) is 0 Å². The predicted octanol–water partition coefficient (Wildman–Crippen LogP) is 6.18. The van der Waals surface area contributed by atoms with Gasteiger partial charge in [0.2, 0.25) is 0 Å². The summed E-state index contributed by atoms with van der Waals surface area (Å²) in [7, 11) is 2.12. The van der Waals surface area contributed by atoms with Gasteiger partial charge in [-0.05, 0) is 44.3 Å². The van der Waals surface area contributed by atoms with Crippen LogP contribution in [0.3, 0.4) is 0 Å². The minimum Gasteiger partial charge on any atom is -0.475 e. The molecule has 0 spiro atoms. The lowest BCUT2D eigenvalue weighted by atomic mass is 10.0. The zero-order chi connectivity index (χ0) is 38.0. The fraction of sp³-hybridized carbons (Fsp3) is 0.424. The average Bonchev–Trinajstić information content (AvgIpc) is 3.66. The molecule has 2 bridgehead atoms. The maximum Gasteiger partial charge on any atom is 0.490 e. The van der Waals surface area contributed by atoms with E-state index >= 15 is 4.39 Å². The average molecular weight is 761 g/mol. The van der Waals surface area contributed by atoms with Crippen molar-refractivity contribution in [2.45, 2.75) is 43.7 Å². The van der Waals surface area contributed by atoms with Crippen LogP contribution in [0.2, 0.25) is 5.02 Å². The number of pyridine rings is 1. The zero-order valence-corrected chi connectivity index (χ0v) is 28.1. The number of carboxylic acids is 2. The first-order valence-corrected chi connectivity index (χ1v) is 16.3. The zero-order valence-electron chi connectivity index (χ0n) is 27.3. The maximum atomic E-state index is 16.4. The predicted molar refractivity (Wildman–Crippen MR) is 176 cm³/mol. The lowest BCUT2D eigenvalue weighted by Gasteiger charge is -2.34. The van der Waals surface area contributed by atoms with E-state index in [-0.39, 0.29) is 17.2 Å². The Balaban J connectivity index is 0.000000318. The summed E-state index contributed by atoms with van der Waals surface area (Å²) in [6.07, 6.45) is -5.11. The van der Waals surface area contributed by atoms with E-state index in [2.05, 4.69) is 32.1 Å². The van der Waals surface area contributed by atoms with Crippen molar-refractivity contribution in [2.24, 2.45) is 5.92 Å². The van der Waals surface area contributed by atoms with Crippen molar-refractivity contribution < 1.29 is 55.3 Å². The van der Waals surface area contributed by atoms with Gasteiger partial charge in [-0.1, -0.05) is 41.9 Å². The summed E-state index contributed by atoms with van der Waals surface area (Å²) in [4.78, 5) is 36.4. The number of ether oxygens (including phenoxy) is 1. The van der Waals surface area contributed by atoms with Crippen molar-refractivity contribution in [3.63, 3.8) is 0 Å². The number of likely N-dealkylation sites (tertiary alicyclic amines) is 1. The number of aliphatic carboxylic acids is 2. The highest BCUT2D eigenvalue weighted by molar-refractivity contribution is 6.36. The normalized spacial score (nSPS) is 20.2. The number of nitrogens with one attached hydrogen (secondary N) is 1. The summed E-state index contributed by atoms with van der Waals surface area (Å²) in [6.45, 7) is 4.18. The van der Waals surface area contributed by atoms with Crippen LogP contribution in [0, 0.1) is 11.7 Å². The largest absolute Gasteiger partial charge is 0.490 e. The van der Waals surface area contributed by atoms with Crippen molar-refractivity contribution >= 4 is 51.0 Å². The maximum absolute atomic E-state index is 16.4. The number of nitrogens with zero attached hydrogens (tertiary/aromatic N) is 5. The molecule has 2 aromatic carbocycles. The Morgan fingerprint density at radius 1 is 0.942 bits per heavy atom. The number of hydrogen-bond acceptors (Lipinski definition) is 9. The van der Waals surface area contributed by atoms with E-state index in [1.54, 1.807) is 6.20 Å². The Kier molecular flexibility index (Phi) is 11.6. The molecule has 5 heterocycles. The van der Waals surface area contributed by atoms with Gasteiger partial charge in [0.25, 0.3) is 0 Å². The topological polar surface area (TPSA) is 141 Å². The van der Waals surface area contributed by atoms with Gasteiger partial charge < -0.3 is 30.1 Å². The van der Waals surface area contributed by atoms with Crippen molar-refractivity contribution in [2.75, 3.05) is 44.7 Å². The number of alkyl halides is 6. The highest BCUT2D eigenvalue weighted by Gasteiger charge is 2.39. The summed E-state index contributed by atoms with van der Waals surface area (Å²) >= 11 is 6.57. The third-order valence-corrected chi connectivity index (χ3v) is 9.01. The van der Waals surface area contributed by atoms with Gasteiger partial charge in [-0.2, -0.15) is 36.3 Å². The van der Waals surface area contributed by atoms with Crippen LogP contribution in [0.1, 0.15) is 19.3 Å². The number of carboxylic acid groups (broad SMARTS) is 2. The summed E-state index contributed by atoms with van der Waals surface area (Å²) in [5.74, 6) is -4.89. The fourth-order valence-corrected chi connectivity index (χ4v) is 6.62. The van der Waals surface area contributed by atoms with Crippen LogP contribution in [0.25, 0.3) is 32.9 Å². The molecule has 3 atom stereocenters. The van der Waals surface area contributed by atoms with Crippen molar-refractivity contribution in [1.29, 1.82) is 0 Å². The second kappa shape index (κ2) is 15.6. The summed E-state index contributed by atoms with van der Waals surface area (Å²) in [6, 6.07) is 12.4. The third-order valence-electron chi connectivity index (χ3n) is 8.69. The molecule has 0 radical (unpaired) electrons. The van der Waals surface area contributed by atoms with Crippen LogP contribution < -0.4 is 15.0 Å². The number of anilines is 1. The van der Waals surface area contributed by atoms with Gasteiger partial charge in [-0.3, -0.25) is 4.98 Å². The Hall–Kier alpha value is -4.55. The Morgan fingerprint density at radius 3 is 2.10 bits per heavy atom. The molecule has 52 heavy (non-hydrogen) atoms. The molecule has 3 saturated heterocycles. The number of piperazine rings is 1. The van der Waals surface area contributed by atoms with Gasteiger partial charge in [-0.25, -0.2) is 14.0 Å². The molecule has 11 nitrogen and oxygen atoms in total. The molecule has 4 aromatic rings. The number of halogens is 8. The first-order chi connectivity index (χ1) is 24.4. The summed E-state index contributed by atoms with van der Waals surface area (Å²) in [5, 5.41) is 20.8. The van der Waals surface area contributed by atoms with Gasteiger partial charge >= 0.3 is 30.3 Å². The highest BCUT2D eigenvalue weighted by atomic mass is 35.5. The number of carbonyl (C=O) groups is 2. The number of fused-ring (bicyclic) bond motifs is 4. The lowest BCUT2D eigenvalue weighted by Crippen LogP contribution is -2.51. The lowest BCUT2D eigenvalue weighted by molar-refractivity contribution is -0.193. The Morgan fingerprint density at radius 2 is 1.54 bits per heavy atom. The van der Waals surface area contributed by atoms with Crippen LogP contribution in [0.4, 0.5) is 36.6 Å². The van der Waals surface area contributed by atoms with E-state index in [4.69, 9.17) is 41.1 Å². The second-order valence-corrected chi connectivity index (χ2v) is 12.9. The molecule has 0 saturated carbocycles. The van der Waals surface area contributed by atoms with E-state index in [0.717, 1.165) is 56.2 Å². The van der Waals surface area contributed by atoms with Crippen molar-refractivity contribution in [3.8, 4) is 17.3 Å². The molecular weight excluding hydrogens is 729 g/mol. The molecule has 280 valence electrons. The molecule has 19 heteroatoms. The molecule has 0 aliphatic carbocycles. The first-order valence-electron chi connectivity index (χ1n) is 15.9. The monoisotopic (exact) mass is 760 g/mol. The molecule has 3 aliphatic rings. The highest BCUT2D eigenvalue weighted by Crippen LogP contribution is 2.38. The van der Waals surface area contributed by atoms with Gasteiger partial charge in [0.15, 0.2) is 5.82 Å². The number of aromatic nitrogens is 3.